The fourth-order valence-electron chi connectivity index (χ4n) is 8.82. The Hall–Kier alpha value is -4.98. The second kappa shape index (κ2) is 12.1. The van der Waals surface area contributed by atoms with Crippen molar-refractivity contribution in [2.45, 2.75) is 49.4 Å². The third-order valence-electron chi connectivity index (χ3n) is 10.3. The molecule has 0 spiro atoms. The minimum atomic E-state index is -0.304. The molecule has 8 nitrogen and oxygen atoms in total. The zero-order valence-corrected chi connectivity index (χ0v) is 26.3. The van der Waals surface area contributed by atoms with E-state index in [-0.39, 0.29) is 22.9 Å². The number of urea groups is 2. The zero-order valence-electron chi connectivity index (χ0n) is 26.3. The van der Waals surface area contributed by atoms with E-state index in [0.717, 1.165) is 17.8 Å². The quantitative estimate of drug-likeness (QED) is 0.159. The minimum Gasteiger partial charge on any atom is -0.495 e. The predicted molar refractivity (Wildman–Crippen MR) is 182 cm³/mol. The van der Waals surface area contributed by atoms with E-state index in [2.05, 4.69) is 45.5 Å². The Bertz CT molecular complexity index is 1600. The number of methoxy groups -OCH3 is 2. The number of amides is 4. The molecule has 236 valence electrons. The first-order chi connectivity index (χ1) is 22.4. The van der Waals surface area contributed by atoms with Crippen LogP contribution in [0.15, 0.2) is 97.1 Å². The van der Waals surface area contributed by atoms with Crippen molar-refractivity contribution in [3.63, 3.8) is 0 Å². The van der Waals surface area contributed by atoms with Crippen molar-refractivity contribution in [2.75, 3.05) is 35.5 Å². The van der Waals surface area contributed by atoms with Gasteiger partial charge in [-0.3, -0.25) is 0 Å². The number of anilines is 4. The number of ether oxygens (including phenoxy) is 2. The summed E-state index contributed by atoms with van der Waals surface area (Å²) in [6, 6.07) is 31.1. The lowest BCUT2D eigenvalue weighted by atomic mass is 9.42. The summed E-state index contributed by atoms with van der Waals surface area (Å²) >= 11 is 0. The van der Waals surface area contributed by atoms with E-state index in [4.69, 9.17) is 9.47 Å². The molecule has 4 saturated carbocycles. The van der Waals surface area contributed by atoms with Crippen molar-refractivity contribution in [1.82, 2.24) is 0 Å². The first kappa shape index (κ1) is 29.7. The highest BCUT2D eigenvalue weighted by atomic mass is 16.5. The van der Waals surface area contributed by atoms with Gasteiger partial charge >= 0.3 is 12.1 Å². The van der Waals surface area contributed by atoms with Gasteiger partial charge in [-0.15, -0.1) is 0 Å². The Morgan fingerprint density at radius 2 is 0.957 bits per heavy atom. The van der Waals surface area contributed by atoms with Gasteiger partial charge in [0.15, 0.2) is 0 Å². The van der Waals surface area contributed by atoms with Crippen molar-refractivity contribution in [2.24, 2.45) is 11.8 Å². The lowest BCUT2D eigenvalue weighted by Gasteiger charge is -2.63. The van der Waals surface area contributed by atoms with Crippen molar-refractivity contribution in [3.05, 3.63) is 108 Å². The van der Waals surface area contributed by atoms with Crippen LogP contribution in [0.2, 0.25) is 0 Å². The highest BCUT2D eigenvalue weighted by Crippen LogP contribution is 2.66. The second-order valence-corrected chi connectivity index (χ2v) is 13.2. The molecule has 4 amide bonds. The summed E-state index contributed by atoms with van der Waals surface area (Å²) in [4.78, 5) is 25.5. The molecule has 4 aliphatic carbocycles. The number of para-hydroxylation sites is 4. The van der Waals surface area contributed by atoms with Gasteiger partial charge in [0.1, 0.15) is 11.5 Å². The van der Waals surface area contributed by atoms with Gasteiger partial charge in [0.05, 0.1) is 25.6 Å². The van der Waals surface area contributed by atoms with E-state index in [1.54, 1.807) is 14.2 Å². The van der Waals surface area contributed by atoms with Crippen LogP contribution in [0.25, 0.3) is 0 Å². The third-order valence-corrected chi connectivity index (χ3v) is 10.3. The molecule has 0 heterocycles. The van der Waals surface area contributed by atoms with Crippen LogP contribution in [-0.4, -0.2) is 26.3 Å². The van der Waals surface area contributed by atoms with E-state index in [9.17, 15) is 9.59 Å². The van der Waals surface area contributed by atoms with Crippen molar-refractivity contribution in [3.8, 4) is 11.5 Å². The number of nitrogens with one attached hydrogen (secondary N) is 4. The molecule has 4 aromatic carbocycles. The normalized spacial score (nSPS) is 24.1. The molecule has 8 rings (SSSR count). The van der Waals surface area contributed by atoms with E-state index >= 15 is 0 Å². The van der Waals surface area contributed by atoms with Crippen molar-refractivity contribution >= 4 is 34.8 Å². The standard InChI is InChI=1S/C38H40N4O4/c1-45-33-9-5-3-7-31(33)41-35(43)39-29-15-11-27(12-16-29)37-20-25-19-26(21-37)23-38(22-25,24-37)28-13-17-30(18-14-28)40-36(44)42-32-8-4-6-10-34(32)46-2/h3-18,25-26H,19-24H2,1-2H3,(H2,39,41,43)(H2,40,42,44). The molecule has 4 aliphatic rings. The number of hydrogen-bond donors (Lipinski definition) is 4. The highest BCUT2D eigenvalue weighted by molar-refractivity contribution is 6.01. The van der Waals surface area contributed by atoms with Gasteiger partial charge < -0.3 is 30.7 Å². The number of hydrogen-bond acceptors (Lipinski definition) is 4. The van der Waals surface area contributed by atoms with Crippen LogP contribution in [0.1, 0.15) is 49.7 Å². The summed E-state index contributed by atoms with van der Waals surface area (Å²) in [5.74, 6) is 2.64. The summed E-state index contributed by atoms with van der Waals surface area (Å²) in [6.45, 7) is 0. The number of carbonyl (C=O) groups excluding carboxylic acids is 2. The summed E-state index contributed by atoms with van der Waals surface area (Å²) < 4.78 is 10.7. The van der Waals surface area contributed by atoms with Crippen LogP contribution < -0.4 is 30.7 Å². The predicted octanol–water partition coefficient (Wildman–Crippen LogP) is 8.78. The van der Waals surface area contributed by atoms with Crippen LogP contribution in [0.5, 0.6) is 11.5 Å². The van der Waals surface area contributed by atoms with E-state index in [0.29, 0.717) is 34.7 Å². The molecule has 4 fully saturated rings. The molecule has 4 bridgehead atoms. The maximum atomic E-state index is 12.7. The van der Waals surface area contributed by atoms with Gasteiger partial charge in [-0.25, -0.2) is 9.59 Å². The molecule has 0 saturated heterocycles. The molecule has 0 unspecified atom stereocenters. The molecule has 0 aromatic heterocycles. The van der Waals surface area contributed by atoms with Crippen molar-refractivity contribution in [1.29, 1.82) is 0 Å². The molecule has 4 aromatic rings. The molecule has 0 aliphatic heterocycles. The molecule has 46 heavy (non-hydrogen) atoms. The molecule has 0 radical (unpaired) electrons. The van der Waals surface area contributed by atoms with Gasteiger partial charge in [-0.2, -0.15) is 0 Å². The largest absolute Gasteiger partial charge is 0.495 e. The zero-order chi connectivity index (χ0) is 31.7. The maximum Gasteiger partial charge on any atom is 0.323 e. The number of benzene rings is 4. The van der Waals surface area contributed by atoms with E-state index in [1.807, 2.05) is 72.8 Å². The Kier molecular flexibility index (Phi) is 7.80. The van der Waals surface area contributed by atoms with E-state index in [1.165, 1.54) is 43.2 Å². The van der Waals surface area contributed by atoms with Gasteiger partial charge in [-0.1, -0.05) is 48.5 Å². The molecular formula is C38H40N4O4. The Balaban J connectivity index is 1.04. The lowest BCUT2D eigenvalue weighted by molar-refractivity contribution is -0.0281. The lowest BCUT2D eigenvalue weighted by Crippen LogP contribution is -2.55. The third kappa shape index (κ3) is 5.75. The Labute approximate surface area is 269 Å². The van der Waals surface area contributed by atoms with Gasteiger partial charge in [-0.05, 0) is 121 Å². The average molecular weight is 617 g/mol. The number of rotatable bonds is 8. The fraction of sp³-hybridized carbons (Fsp3) is 0.316. The topological polar surface area (TPSA) is 101 Å². The monoisotopic (exact) mass is 616 g/mol. The fourth-order valence-corrected chi connectivity index (χ4v) is 8.82. The molecule has 8 heteroatoms. The van der Waals surface area contributed by atoms with Crippen LogP contribution in [-0.2, 0) is 10.8 Å². The minimum absolute atomic E-state index is 0.133. The van der Waals surface area contributed by atoms with Gasteiger partial charge in [0, 0.05) is 11.4 Å². The van der Waals surface area contributed by atoms with Crippen LogP contribution in [0.3, 0.4) is 0 Å². The Morgan fingerprint density at radius 3 is 1.35 bits per heavy atom. The first-order valence-corrected chi connectivity index (χ1v) is 16.0. The molecule has 4 N–H and O–H groups in total. The van der Waals surface area contributed by atoms with Crippen LogP contribution >= 0.6 is 0 Å². The first-order valence-electron chi connectivity index (χ1n) is 16.0. The van der Waals surface area contributed by atoms with Crippen LogP contribution in [0.4, 0.5) is 32.3 Å². The summed E-state index contributed by atoms with van der Waals surface area (Å²) in [5, 5.41) is 11.7. The van der Waals surface area contributed by atoms with Crippen LogP contribution in [0, 0.1) is 11.8 Å². The van der Waals surface area contributed by atoms with Gasteiger partial charge in [0.25, 0.3) is 0 Å². The number of carbonyl (C=O) groups is 2. The average Bonchev–Trinajstić information content (AvgIpc) is 3.05. The molecular weight excluding hydrogens is 576 g/mol. The second-order valence-electron chi connectivity index (χ2n) is 13.2. The smallest absolute Gasteiger partial charge is 0.323 e. The highest BCUT2D eigenvalue weighted by Gasteiger charge is 2.58. The summed E-state index contributed by atoms with van der Waals surface area (Å²) in [6.07, 6.45) is 7.30. The molecule has 0 atom stereocenters. The van der Waals surface area contributed by atoms with Crippen molar-refractivity contribution < 1.29 is 19.1 Å². The summed E-state index contributed by atoms with van der Waals surface area (Å²) in [5.41, 5.74) is 5.76. The van der Waals surface area contributed by atoms with Gasteiger partial charge in [0.2, 0.25) is 0 Å². The summed E-state index contributed by atoms with van der Waals surface area (Å²) in [7, 11) is 3.17. The Morgan fingerprint density at radius 1 is 0.565 bits per heavy atom. The SMILES string of the molecule is COc1ccccc1NC(=O)Nc1ccc(C23CC4CC(C2)CC(c2ccc(NC(=O)Nc5ccccc5OC)cc2)(C4)C3)cc1. The maximum absolute atomic E-state index is 12.7. The van der Waals surface area contributed by atoms with E-state index < -0.39 is 0 Å².